The third kappa shape index (κ3) is 4.51. The maximum atomic E-state index is 12.3. The van der Waals surface area contributed by atoms with E-state index in [0.717, 1.165) is 0 Å². The molecule has 134 valence electrons. The van der Waals surface area contributed by atoms with Gasteiger partial charge in [0.05, 0.1) is 11.3 Å². The number of nitrogens with one attached hydrogen (secondary N) is 1. The van der Waals surface area contributed by atoms with Crippen LogP contribution in [0.15, 0.2) is 64.5 Å². The summed E-state index contributed by atoms with van der Waals surface area (Å²) in [4.78, 5) is 15.8. The molecule has 0 saturated carbocycles. The van der Waals surface area contributed by atoms with Gasteiger partial charge in [-0.2, -0.15) is 0 Å². The number of pyridine rings is 1. The van der Waals surface area contributed by atoms with E-state index in [-0.39, 0.29) is 30.5 Å². The van der Waals surface area contributed by atoms with Gasteiger partial charge in [0.25, 0.3) is 5.91 Å². The minimum absolute atomic E-state index is 0.142. The lowest BCUT2D eigenvalue weighted by Gasteiger charge is -2.02. The van der Waals surface area contributed by atoms with E-state index in [2.05, 4.69) is 20.5 Å². The van der Waals surface area contributed by atoms with Crippen molar-refractivity contribution >= 4 is 15.7 Å². The van der Waals surface area contributed by atoms with Gasteiger partial charge in [-0.15, -0.1) is 5.10 Å². The molecular weight excluding hydrogens is 356 g/mol. The molecule has 1 aromatic carbocycles. The largest absolute Gasteiger partial charge is 0.412 e. The first-order valence-corrected chi connectivity index (χ1v) is 9.47. The number of carbonyl (C=O) groups excluding carboxylic acids is 1. The molecule has 26 heavy (non-hydrogen) atoms. The van der Waals surface area contributed by atoms with Gasteiger partial charge >= 0.3 is 5.22 Å². The fraction of sp³-hybridized carbons (Fsp3) is 0.176. The quantitative estimate of drug-likeness (QED) is 0.667. The molecule has 0 aliphatic rings. The van der Waals surface area contributed by atoms with E-state index < -0.39 is 15.1 Å². The van der Waals surface area contributed by atoms with Crippen LogP contribution in [0.4, 0.5) is 0 Å². The molecule has 2 heterocycles. The number of amides is 1. The highest BCUT2D eigenvalue weighted by molar-refractivity contribution is 7.90. The molecule has 1 N–H and O–H groups in total. The number of sulfone groups is 1. The smallest absolute Gasteiger partial charge is 0.335 e. The second-order valence-electron chi connectivity index (χ2n) is 5.45. The fourth-order valence-electron chi connectivity index (χ4n) is 2.20. The molecule has 0 atom stereocenters. The summed E-state index contributed by atoms with van der Waals surface area (Å²) in [5.74, 6) is -0.356. The Morgan fingerprint density at radius 3 is 2.62 bits per heavy atom. The summed E-state index contributed by atoms with van der Waals surface area (Å²) in [6.07, 6.45) is 3.25. The van der Waals surface area contributed by atoms with Crippen LogP contribution in [0.1, 0.15) is 21.8 Å². The molecule has 0 aliphatic carbocycles. The topological polar surface area (TPSA) is 115 Å². The molecule has 0 radical (unpaired) electrons. The van der Waals surface area contributed by atoms with E-state index in [0.29, 0.717) is 11.1 Å². The lowest BCUT2D eigenvalue weighted by molar-refractivity contribution is 0.0953. The van der Waals surface area contributed by atoms with Crippen molar-refractivity contribution in [1.29, 1.82) is 0 Å². The summed E-state index contributed by atoms with van der Waals surface area (Å²) >= 11 is 0. The summed E-state index contributed by atoms with van der Waals surface area (Å²) in [5.41, 5.74) is 1.07. The monoisotopic (exact) mass is 372 g/mol. The number of benzene rings is 1. The molecular formula is C17H16N4O4S. The van der Waals surface area contributed by atoms with E-state index in [1.165, 1.54) is 6.20 Å². The van der Waals surface area contributed by atoms with Crippen LogP contribution in [-0.4, -0.2) is 36.1 Å². The molecule has 0 spiro atoms. The molecule has 1 amide bonds. The number of aromatic nitrogens is 3. The number of carbonyl (C=O) groups is 1. The van der Waals surface area contributed by atoms with Crippen molar-refractivity contribution in [3.05, 3.63) is 71.9 Å². The van der Waals surface area contributed by atoms with E-state index >= 15 is 0 Å². The van der Waals surface area contributed by atoms with Gasteiger partial charge in [-0.1, -0.05) is 35.4 Å². The Hall–Kier alpha value is -3.07. The highest BCUT2D eigenvalue weighted by Gasteiger charge is 2.23. The zero-order valence-electron chi connectivity index (χ0n) is 13.7. The maximum absolute atomic E-state index is 12.3. The maximum Gasteiger partial charge on any atom is 0.335 e. The van der Waals surface area contributed by atoms with Crippen molar-refractivity contribution in [2.45, 2.75) is 17.4 Å². The van der Waals surface area contributed by atoms with Gasteiger partial charge in [0.2, 0.25) is 15.7 Å². The fourth-order valence-corrected chi connectivity index (χ4v) is 3.35. The second-order valence-corrected chi connectivity index (χ2v) is 7.32. The van der Waals surface area contributed by atoms with Gasteiger partial charge in [-0.05, 0) is 17.7 Å². The lowest BCUT2D eigenvalue weighted by atomic mass is 10.2. The van der Waals surface area contributed by atoms with Gasteiger partial charge in [0.1, 0.15) is 0 Å². The van der Waals surface area contributed by atoms with Crippen LogP contribution in [0.2, 0.25) is 0 Å². The average molecular weight is 372 g/mol. The normalized spacial score (nSPS) is 11.2. The van der Waals surface area contributed by atoms with Gasteiger partial charge in [0.15, 0.2) is 0 Å². The molecule has 8 nitrogen and oxygen atoms in total. The van der Waals surface area contributed by atoms with Gasteiger partial charge in [-0.3, -0.25) is 9.78 Å². The number of nitrogens with zero attached hydrogens (tertiary/aromatic N) is 3. The van der Waals surface area contributed by atoms with Crippen molar-refractivity contribution in [2.75, 3.05) is 6.54 Å². The van der Waals surface area contributed by atoms with E-state index in [1.807, 2.05) is 0 Å². The zero-order chi connectivity index (χ0) is 18.4. The summed E-state index contributed by atoms with van der Waals surface area (Å²) in [7, 11) is -3.71. The van der Waals surface area contributed by atoms with Crippen LogP contribution in [-0.2, 0) is 22.0 Å². The summed E-state index contributed by atoms with van der Waals surface area (Å²) < 4.78 is 29.9. The molecule has 0 saturated heterocycles. The van der Waals surface area contributed by atoms with Crippen LogP contribution in [0, 0.1) is 0 Å². The van der Waals surface area contributed by atoms with Crippen molar-refractivity contribution < 1.29 is 17.6 Å². The second kappa shape index (κ2) is 7.87. The SMILES string of the molecule is O=C(NCCc1nnc(S(=O)(=O)Cc2ccccc2)o1)c1cccnc1. The standard InChI is InChI=1S/C17H16N4O4S/c22-16(14-7-4-9-18-11-14)19-10-8-15-20-21-17(25-15)26(23,24)12-13-5-2-1-3-6-13/h1-7,9,11H,8,10,12H2,(H,19,22). The first-order chi connectivity index (χ1) is 12.5. The summed E-state index contributed by atoms with van der Waals surface area (Å²) in [6, 6.07) is 12.1. The molecule has 9 heteroatoms. The predicted octanol–water partition coefficient (Wildman–Crippen LogP) is 1.41. The van der Waals surface area contributed by atoms with Gasteiger partial charge in [-0.25, -0.2) is 8.42 Å². The molecule has 2 aromatic heterocycles. The third-order valence-corrected chi connectivity index (χ3v) is 4.87. The number of hydrogen-bond donors (Lipinski definition) is 1. The lowest BCUT2D eigenvalue weighted by Crippen LogP contribution is -2.25. The minimum Gasteiger partial charge on any atom is -0.412 e. The number of hydrogen-bond acceptors (Lipinski definition) is 7. The first-order valence-electron chi connectivity index (χ1n) is 7.82. The van der Waals surface area contributed by atoms with Crippen molar-refractivity contribution in [3.63, 3.8) is 0 Å². The van der Waals surface area contributed by atoms with Crippen LogP contribution in [0.25, 0.3) is 0 Å². The van der Waals surface area contributed by atoms with E-state index in [9.17, 15) is 13.2 Å². The summed E-state index contributed by atoms with van der Waals surface area (Å²) in [5, 5.41) is 9.60. The van der Waals surface area contributed by atoms with Gasteiger partial charge < -0.3 is 9.73 Å². The van der Waals surface area contributed by atoms with Crippen molar-refractivity contribution in [2.24, 2.45) is 0 Å². The average Bonchev–Trinajstić information content (AvgIpc) is 3.13. The summed E-state index contributed by atoms with van der Waals surface area (Å²) in [6.45, 7) is 0.230. The number of rotatable bonds is 7. The molecule has 0 bridgehead atoms. The zero-order valence-corrected chi connectivity index (χ0v) is 14.5. The van der Waals surface area contributed by atoms with Crippen LogP contribution in [0.3, 0.4) is 0 Å². The first kappa shape index (κ1) is 17.7. The molecule has 3 aromatic rings. The van der Waals surface area contributed by atoms with Crippen LogP contribution < -0.4 is 5.32 Å². The highest BCUT2D eigenvalue weighted by atomic mass is 32.2. The van der Waals surface area contributed by atoms with Crippen molar-refractivity contribution in [3.8, 4) is 0 Å². The van der Waals surface area contributed by atoms with Gasteiger partial charge in [0, 0.05) is 25.4 Å². The van der Waals surface area contributed by atoms with E-state index in [4.69, 9.17) is 4.42 Å². The Bertz CT molecular complexity index is 972. The molecule has 0 fully saturated rings. The Labute approximate surface area is 150 Å². The molecule has 0 unspecified atom stereocenters. The van der Waals surface area contributed by atoms with Crippen molar-refractivity contribution in [1.82, 2.24) is 20.5 Å². The molecule has 3 rings (SSSR count). The minimum atomic E-state index is -3.71. The van der Waals surface area contributed by atoms with Crippen LogP contribution in [0.5, 0.6) is 0 Å². The highest BCUT2D eigenvalue weighted by Crippen LogP contribution is 2.15. The van der Waals surface area contributed by atoms with Crippen LogP contribution >= 0.6 is 0 Å². The third-order valence-electron chi connectivity index (χ3n) is 3.46. The van der Waals surface area contributed by atoms with E-state index in [1.54, 1.807) is 48.7 Å². The Morgan fingerprint density at radius 1 is 1.08 bits per heavy atom. The Balaban J connectivity index is 1.57. The predicted molar refractivity (Wildman–Crippen MR) is 91.9 cm³/mol. The Kier molecular flexibility index (Phi) is 5.37. The Morgan fingerprint density at radius 2 is 1.88 bits per heavy atom. The molecule has 0 aliphatic heterocycles.